The standard InChI is InChI=1S/C9H12.C4H8.C2H4/c1-2-6-9-7-4-3-5-8-9;1-4(2)3;1-2/h3-5,7-8H,2,6H2,1H3;1H2,2-3H3;1-2H2. The largest absolute Gasteiger partial charge is 0.106 e. The Morgan fingerprint density at radius 1 is 1.07 bits per heavy atom. The van der Waals surface area contributed by atoms with Crippen LogP contribution in [0.2, 0.25) is 0 Å². The van der Waals surface area contributed by atoms with Gasteiger partial charge in [-0.2, -0.15) is 0 Å². The molecule has 0 aromatic heterocycles. The summed E-state index contributed by atoms with van der Waals surface area (Å²) in [6.45, 7) is 15.7. The second kappa shape index (κ2) is 12.7. The molecule has 84 valence electrons. The summed E-state index contributed by atoms with van der Waals surface area (Å²) in [6.07, 6.45) is 2.45. The Balaban J connectivity index is 0. The monoisotopic (exact) mass is 204 g/mol. The fourth-order valence-electron chi connectivity index (χ4n) is 0.933. The van der Waals surface area contributed by atoms with Crippen LogP contribution in [-0.4, -0.2) is 0 Å². The summed E-state index contributed by atoms with van der Waals surface area (Å²) < 4.78 is 0. The van der Waals surface area contributed by atoms with Crippen molar-refractivity contribution < 1.29 is 0 Å². The average molecular weight is 204 g/mol. The van der Waals surface area contributed by atoms with Gasteiger partial charge in [0.2, 0.25) is 0 Å². The van der Waals surface area contributed by atoms with Crippen molar-refractivity contribution in [1.29, 1.82) is 0 Å². The Kier molecular flexibility index (Phi) is 13.7. The third-order valence-corrected chi connectivity index (χ3v) is 1.38. The molecule has 0 heteroatoms. The molecule has 1 rings (SSSR count). The Bertz CT molecular complexity index is 229. The quantitative estimate of drug-likeness (QED) is 0.593. The highest BCUT2D eigenvalue weighted by Gasteiger charge is 1.84. The van der Waals surface area contributed by atoms with E-state index in [0.717, 1.165) is 0 Å². The maximum Gasteiger partial charge on any atom is -0.0281 e. The third-order valence-electron chi connectivity index (χ3n) is 1.38. The molecule has 0 N–H and O–H groups in total. The highest BCUT2D eigenvalue weighted by molar-refractivity contribution is 5.14. The molecular formula is C15H24. The number of hydrogen-bond donors (Lipinski definition) is 0. The van der Waals surface area contributed by atoms with Crippen molar-refractivity contribution in [2.45, 2.75) is 33.6 Å². The Morgan fingerprint density at radius 2 is 1.47 bits per heavy atom. The Morgan fingerprint density at radius 3 is 1.80 bits per heavy atom. The van der Waals surface area contributed by atoms with E-state index in [2.05, 4.69) is 57.0 Å². The van der Waals surface area contributed by atoms with Gasteiger partial charge in [0.25, 0.3) is 0 Å². The topological polar surface area (TPSA) is 0 Å². The summed E-state index contributed by atoms with van der Waals surface area (Å²) >= 11 is 0. The first-order chi connectivity index (χ1) is 7.16. The summed E-state index contributed by atoms with van der Waals surface area (Å²) in [4.78, 5) is 0. The number of aryl methyl sites for hydroxylation is 1. The van der Waals surface area contributed by atoms with Crippen LogP contribution in [0.5, 0.6) is 0 Å². The van der Waals surface area contributed by atoms with Crippen LogP contribution in [0.4, 0.5) is 0 Å². The van der Waals surface area contributed by atoms with Crippen molar-refractivity contribution in [3.8, 4) is 0 Å². The van der Waals surface area contributed by atoms with Gasteiger partial charge >= 0.3 is 0 Å². The molecule has 0 atom stereocenters. The smallest absolute Gasteiger partial charge is 0.0281 e. The van der Waals surface area contributed by atoms with Crippen LogP contribution in [0.25, 0.3) is 0 Å². The predicted octanol–water partition coefficient (Wildman–Crippen LogP) is 5.02. The van der Waals surface area contributed by atoms with Crippen LogP contribution in [-0.2, 0) is 6.42 Å². The van der Waals surface area contributed by atoms with E-state index < -0.39 is 0 Å². The molecule has 0 fully saturated rings. The summed E-state index contributed by atoms with van der Waals surface area (Å²) in [5.74, 6) is 0. The fraction of sp³-hybridized carbons (Fsp3) is 0.333. The second-order valence-corrected chi connectivity index (χ2v) is 3.44. The number of benzene rings is 1. The van der Waals surface area contributed by atoms with Crippen molar-refractivity contribution in [1.82, 2.24) is 0 Å². The fourth-order valence-corrected chi connectivity index (χ4v) is 0.933. The first-order valence-corrected chi connectivity index (χ1v) is 5.32. The Labute approximate surface area is 95.3 Å². The lowest BCUT2D eigenvalue weighted by atomic mass is 10.1. The number of rotatable bonds is 2. The van der Waals surface area contributed by atoms with E-state index in [1.165, 1.54) is 24.0 Å². The second-order valence-electron chi connectivity index (χ2n) is 3.44. The molecule has 1 aromatic carbocycles. The van der Waals surface area contributed by atoms with E-state index in [9.17, 15) is 0 Å². The summed E-state index contributed by atoms with van der Waals surface area (Å²) in [7, 11) is 0. The molecule has 0 saturated heterocycles. The highest BCUT2D eigenvalue weighted by Crippen LogP contribution is 2.00. The molecule has 15 heavy (non-hydrogen) atoms. The van der Waals surface area contributed by atoms with Crippen molar-refractivity contribution >= 4 is 0 Å². The summed E-state index contributed by atoms with van der Waals surface area (Å²) in [5, 5.41) is 0. The maximum absolute atomic E-state index is 3.56. The summed E-state index contributed by atoms with van der Waals surface area (Å²) in [5.41, 5.74) is 2.61. The van der Waals surface area contributed by atoms with E-state index in [-0.39, 0.29) is 0 Å². The molecule has 0 saturated carbocycles. The lowest BCUT2D eigenvalue weighted by Gasteiger charge is -1.93. The molecule has 0 aliphatic rings. The van der Waals surface area contributed by atoms with Gasteiger partial charge in [-0.25, -0.2) is 0 Å². The first kappa shape index (κ1) is 16.1. The lowest BCUT2D eigenvalue weighted by molar-refractivity contribution is 0.922. The van der Waals surface area contributed by atoms with Crippen LogP contribution in [0, 0.1) is 0 Å². The van der Waals surface area contributed by atoms with Gasteiger partial charge in [0.05, 0.1) is 0 Å². The average Bonchev–Trinajstić information content (AvgIpc) is 2.22. The molecule has 0 heterocycles. The van der Waals surface area contributed by atoms with Gasteiger partial charge in [0.15, 0.2) is 0 Å². The van der Waals surface area contributed by atoms with Gasteiger partial charge in [-0.05, 0) is 25.8 Å². The van der Waals surface area contributed by atoms with Crippen LogP contribution in [0.1, 0.15) is 32.8 Å². The molecule has 0 radical (unpaired) electrons. The van der Waals surface area contributed by atoms with E-state index in [1.54, 1.807) is 0 Å². The van der Waals surface area contributed by atoms with Crippen molar-refractivity contribution in [2.24, 2.45) is 0 Å². The Hall–Kier alpha value is -1.30. The first-order valence-electron chi connectivity index (χ1n) is 5.32. The molecule has 0 aliphatic heterocycles. The SMILES string of the molecule is C=C.C=C(C)C.CCCc1ccccc1. The third kappa shape index (κ3) is 15.5. The molecule has 0 aliphatic carbocycles. The predicted molar refractivity (Wildman–Crippen MR) is 72.2 cm³/mol. The molecule has 0 unspecified atom stereocenters. The van der Waals surface area contributed by atoms with Crippen molar-refractivity contribution in [3.63, 3.8) is 0 Å². The lowest BCUT2D eigenvalue weighted by Crippen LogP contribution is -1.78. The van der Waals surface area contributed by atoms with E-state index in [0.29, 0.717) is 0 Å². The van der Waals surface area contributed by atoms with E-state index in [4.69, 9.17) is 0 Å². The van der Waals surface area contributed by atoms with Gasteiger partial charge in [-0.1, -0.05) is 49.2 Å². The van der Waals surface area contributed by atoms with Crippen molar-refractivity contribution in [2.75, 3.05) is 0 Å². The minimum Gasteiger partial charge on any atom is -0.106 e. The zero-order valence-corrected chi connectivity index (χ0v) is 10.4. The molecular weight excluding hydrogens is 180 g/mol. The summed E-state index contributed by atoms with van der Waals surface area (Å²) in [6, 6.07) is 10.6. The minimum absolute atomic E-state index is 1.17. The van der Waals surface area contributed by atoms with Crippen LogP contribution >= 0.6 is 0 Å². The molecule has 0 amide bonds. The molecule has 0 nitrogen and oxygen atoms in total. The van der Waals surface area contributed by atoms with Crippen LogP contribution < -0.4 is 0 Å². The molecule has 0 bridgehead atoms. The van der Waals surface area contributed by atoms with Gasteiger partial charge in [0.1, 0.15) is 0 Å². The van der Waals surface area contributed by atoms with E-state index >= 15 is 0 Å². The van der Waals surface area contributed by atoms with E-state index in [1.807, 2.05) is 13.8 Å². The van der Waals surface area contributed by atoms with Gasteiger partial charge in [0, 0.05) is 0 Å². The molecule has 1 aromatic rings. The highest BCUT2D eigenvalue weighted by atomic mass is 13.9. The number of hydrogen-bond acceptors (Lipinski definition) is 0. The van der Waals surface area contributed by atoms with Crippen LogP contribution in [0.3, 0.4) is 0 Å². The zero-order chi connectivity index (χ0) is 12.1. The normalized spacial score (nSPS) is 7.67. The van der Waals surface area contributed by atoms with Gasteiger partial charge in [-0.15, -0.1) is 19.7 Å². The molecule has 0 spiro atoms. The minimum atomic E-state index is 1.17. The van der Waals surface area contributed by atoms with Crippen LogP contribution in [0.15, 0.2) is 55.6 Å². The zero-order valence-electron chi connectivity index (χ0n) is 10.4. The van der Waals surface area contributed by atoms with Gasteiger partial charge in [-0.3, -0.25) is 0 Å². The van der Waals surface area contributed by atoms with Gasteiger partial charge < -0.3 is 0 Å². The number of allylic oxidation sites excluding steroid dienone is 1. The maximum atomic E-state index is 3.56. The van der Waals surface area contributed by atoms with Crippen molar-refractivity contribution in [3.05, 3.63) is 61.2 Å².